The van der Waals surface area contributed by atoms with E-state index in [4.69, 9.17) is 0 Å². The molecule has 4 aliphatic rings. The molecule has 1 heteroatoms. The number of unbranched alkanes of at least 4 members (excludes halogenated alkanes) is 1. The molecular weight excluding hydrogens is 280 g/mol. The molecule has 1 nitrogen and oxygen atoms in total. The van der Waals surface area contributed by atoms with E-state index in [1.54, 1.807) is 5.57 Å². The SMILES string of the molecule is CCCCC1=CC[C@H]2[C@@H]3CCC4=C[C@@H](O)CC[C@@H]4[C@H]3CC[C@]12C. The second-order valence-electron chi connectivity index (χ2n) is 8.99. The molecule has 2 fully saturated rings. The Hall–Kier alpha value is -0.560. The van der Waals surface area contributed by atoms with E-state index in [-0.39, 0.29) is 6.10 Å². The Morgan fingerprint density at radius 1 is 1.17 bits per heavy atom. The van der Waals surface area contributed by atoms with Gasteiger partial charge in [0.25, 0.3) is 0 Å². The fourth-order valence-corrected chi connectivity index (χ4v) is 6.72. The largest absolute Gasteiger partial charge is 0.389 e. The zero-order chi connectivity index (χ0) is 16.0. The van der Waals surface area contributed by atoms with Crippen molar-refractivity contribution in [3.05, 3.63) is 23.3 Å². The van der Waals surface area contributed by atoms with Crippen molar-refractivity contribution in [2.75, 3.05) is 0 Å². The van der Waals surface area contributed by atoms with Gasteiger partial charge in [-0.2, -0.15) is 0 Å². The van der Waals surface area contributed by atoms with Crippen molar-refractivity contribution < 1.29 is 5.11 Å². The summed E-state index contributed by atoms with van der Waals surface area (Å²) in [5, 5.41) is 9.97. The minimum absolute atomic E-state index is 0.152. The summed E-state index contributed by atoms with van der Waals surface area (Å²) < 4.78 is 0. The minimum Gasteiger partial charge on any atom is -0.389 e. The van der Waals surface area contributed by atoms with Crippen LogP contribution in [0.2, 0.25) is 0 Å². The van der Waals surface area contributed by atoms with Crippen LogP contribution < -0.4 is 0 Å². The van der Waals surface area contributed by atoms with Crippen LogP contribution in [0.5, 0.6) is 0 Å². The lowest BCUT2D eigenvalue weighted by Gasteiger charge is -2.54. The summed E-state index contributed by atoms with van der Waals surface area (Å²) in [6.45, 7) is 4.91. The fourth-order valence-electron chi connectivity index (χ4n) is 6.72. The molecule has 0 aromatic heterocycles. The minimum atomic E-state index is -0.152. The summed E-state index contributed by atoms with van der Waals surface area (Å²) in [7, 11) is 0. The highest BCUT2D eigenvalue weighted by molar-refractivity contribution is 5.27. The second-order valence-corrected chi connectivity index (χ2v) is 8.99. The number of hydrogen-bond donors (Lipinski definition) is 1. The zero-order valence-electron chi connectivity index (χ0n) is 15.1. The molecule has 0 bridgehead atoms. The molecule has 1 N–H and O–H groups in total. The summed E-state index contributed by atoms with van der Waals surface area (Å²) in [6.07, 6.45) is 17.8. The van der Waals surface area contributed by atoms with E-state index in [1.807, 2.05) is 5.57 Å². The van der Waals surface area contributed by atoms with Crippen molar-refractivity contribution in [2.45, 2.75) is 84.2 Å². The highest BCUT2D eigenvalue weighted by Gasteiger charge is 2.53. The van der Waals surface area contributed by atoms with E-state index in [0.29, 0.717) is 5.41 Å². The first-order chi connectivity index (χ1) is 11.1. The molecule has 4 aliphatic carbocycles. The van der Waals surface area contributed by atoms with Crippen LogP contribution in [0.15, 0.2) is 23.3 Å². The van der Waals surface area contributed by atoms with Crippen molar-refractivity contribution in [3.63, 3.8) is 0 Å². The summed E-state index contributed by atoms with van der Waals surface area (Å²) in [4.78, 5) is 0. The molecule has 0 heterocycles. The van der Waals surface area contributed by atoms with E-state index >= 15 is 0 Å². The topological polar surface area (TPSA) is 20.2 Å². The molecule has 0 aromatic carbocycles. The lowest BCUT2D eigenvalue weighted by atomic mass is 9.51. The maximum absolute atomic E-state index is 9.97. The number of hydrogen-bond acceptors (Lipinski definition) is 1. The second kappa shape index (κ2) is 6.06. The summed E-state index contributed by atoms with van der Waals surface area (Å²) >= 11 is 0. The maximum atomic E-state index is 9.97. The Labute approximate surface area is 142 Å². The number of aliphatic hydroxyl groups excluding tert-OH is 1. The third-order valence-electron chi connectivity index (χ3n) is 7.97. The lowest BCUT2D eigenvalue weighted by molar-refractivity contribution is 0.00335. The van der Waals surface area contributed by atoms with E-state index in [2.05, 4.69) is 26.0 Å². The predicted molar refractivity (Wildman–Crippen MR) is 96.1 cm³/mol. The van der Waals surface area contributed by atoms with Crippen molar-refractivity contribution in [1.29, 1.82) is 0 Å². The normalized spacial score (nSPS) is 45.6. The Balaban J connectivity index is 1.54. The molecule has 0 radical (unpaired) electrons. The van der Waals surface area contributed by atoms with E-state index in [9.17, 15) is 5.11 Å². The predicted octanol–water partition coefficient (Wildman–Crippen LogP) is 5.65. The zero-order valence-corrected chi connectivity index (χ0v) is 15.1. The molecule has 0 unspecified atom stereocenters. The van der Waals surface area contributed by atoms with Crippen LogP contribution in [0.1, 0.15) is 78.1 Å². The molecule has 0 spiro atoms. The van der Waals surface area contributed by atoms with Crippen molar-refractivity contribution in [3.8, 4) is 0 Å². The van der Waals surface area contributed by atoms with Gasteiger partial charge in [0, 0.05) is 0 Å². The van der Waals surface area contributed by atoms with Crippen molar-refractivity contribution >= 4 is 0 Å². The summed E-state index contributed by atoms with van der Waals surface area (Å²) in [6, 6.07) is 0. The highest BCUT2D eigenvalue weighted by Crippen LogP contribution is 2.62. The van der Waals surface area contributed by atoms with Gasteiger partial charge in [-0.3, -0.25) is 0 Å². The molecule has 0 amide bonds. The van der Waals surface area contributed by atoms with Crippen LogP contribution in [0.3, 0.4) is 0 Å². The molecule has 2 saturated carbocycles. The number of allylic oxidation sites excluding steroid dienone is 3. The molecule has 23 heavy (non-hydrogen) atoms. The molecule has 128 valence electrons. The number of aliphatic hydroxyl groups is 1. The smallest absolute Gasteiger partial charge is 0.0723 e. The first-order valence-corrected chi connectivity index (χ1v) is 10.2. The van der Waals surface area contributed by atoms with Crippen LogP contribution in [-0.4, -0.2) is 11.2 Å². The van der Waals surface area contributed by atoms with E-state index < -0.39 is 0 Å². The van der Waals surface area contributed by atoms with Gasteiger partial charge < -0.3 is 5.11 Å². The van der Waals surface area contributed by atoms with Crippen LogP contribution >= 0.6 is 0 Å². The quantitative estimate of drug-likeness (QED) is 0.668. The molecule has 0 saturated heterocycles. The summed E-state index contributed by atoms with van der Waals surface area (Å²) in [5.41, 5.74) is 3.94. The monoisotopic (exact) mass is 314 g/mol. The van der Waals surface area contributed by atoms with Gasteiger partial charge in [0.15, 0.2) is 0 Å². The standard InChI is InChI=1S/C22H34O/c1-3-4-5-16-7-11-21-20-9-6-15-14-17(23)8-10-18(15)19(20)12-13-22(16,21)2/h7,14,17-21,23H,3-6,8-13H2,1-2H3/t17-,18-,19+,20+,21-,22+/m0/s1. The number of rotatable bonds is 3. The first-order valence-electron chi connectivity index (χ1n) is 10.2. The van der Waals surface area contributed by atoms with Gasteiger partial charge in [-0.25, -0.2) is 0 Å². The Kier molecular flexibility index (Phi) is 4.20. The maximum Gasteiger partial charge on any atom is 0.0723 e. The van der Waals surface area contributed by atoms with Crippen molar-refractivity contribution in [2.24, 2.45) is 29.1 Å². The average Bonchev–Trinajstić information content (AvgIpc) is 2.89. The first kappa shape index (κ1) is 15.9. The Bertz CT molecular complexity index is 516. The van der Waals surface area contributed by atoms with Gasteiger partial charge in [0.05, 0.1) is 6.10 Å². The van der Waals surface area contributed by atoms with E-state index in [0.717, 1.165) is 30.1 Å². The third-order valence-corrected chi connectivity index (χ3v) is 7.97. The van der Waals surface area contributed by atoms with Gasteiger partial charge >= 0.3 is 0 Å². The fraction of sp³-hybridized carbons (Fsp3) is 0.818. The van der Waals surface area contributed by atoms with Gasteiger partial charge in [-0.1, -0.05) is 43.6 Å². The average molecular weight is 315 g/mol. The molecular formula is C22H34O. The van der Waals surface area contributed by atoms with Crippen molar-refractivity contribution in [1.82, 2.24) is 0 Å². The van der Waals surface area contributed by atoms with Crippen LogP contribution in [0.25, 0.3) is 0 Å². The summed E-state index contributed by atoms with van der Waals surface area (Å²) in [5.74, 6) is 3.59. The van der Waals surface area contributed by atoms with Gasteiger partial charge in [-0.05, 0) is 86.9 Å². The van der Waals surface area contributed by atoms with Gasteiger partial charge in [0.1, 0.15) is 0 Å². The number of fused-ring (bicyclic) bond motifs is 5. The van der Waals surface area contributed by atoms with Gasteiger partial charge in [0.2, 0.25) is 0 Å². The van der Waals surface area contributed by atoms with E-state index in [1.165, 1.54) is 57.8 Å². The lowest BCUT2D eigenvalue weighted by Crippen LogP contribution is -2.45. The molecule has 0 aliphatic heterocycles. The highest BCUT2D eigenvalue weighted by atomic mass is 16.3. The third kappa shape index (κ3) is 2.54. The Morgan fingerprint density at radius 3 is 2.87 bits per heavy atom. The molecule has 0 aromatic rings. The van der Waals surface area contributed by atoms with Gasteiger partial charge in [-0.15, -0.1) is 0 Å². The van der Waals surface area contributed by atoms with Crippen LogP contribution in [0, 0.1) is 29.1 Å². The molecule has 6 atom stereocenters. The molecule has 4 rings (SSSR count). The Morgan fingerprint density at radius 2 is 2.04 bits per heavy atom. The van der Waals surface area contributed by atoms with Crippen LogP contribution in [-0.2, 0) is 0 Å². The van der Waals surface area contributed by atoms with Crippen LogP contribution in [0.4, 0.5) is 0 Å².